The second-order valence-electron chi connectivity index (χ2n) is 6.30. The van der Waals surface area contributed by atoms with Crippen molar-refractivity contribution in [3.63, 3.8) is 0 Å². The minimum absolute atomic E-state index is 0.218. The molecule has 0 saturated carbocycles. The van der Waals surface area contributed by atoms with E-state index >= 15 is 0 Å². The lowest BCUT2D eigenvalue weighted by molar-refractivity contribution is 0.0317. The van der Waals surface area contributed by atoms with Gasteiger partial charge in [0.2, 0.25) is 0 Å². The first-order valence-corrected chi connectivity index (χ1v) is 9.88. The summed E-state index contributed by atoms with van der Waals surface area (Å²) in [7, 11) is 0. The van der Waals surface area contributed by atoms with E-state index in [9.17, 15) is 5.11 Å². The number of halogens is 1. The van der Waals surface area contributed by atoms with Crippen LogP contribution in [0.2, 0.25) is 5.02 Å². The first-order chi connectivity index (χ1) is 12.2. The van der Waals surface area contributed by atoms with Crippen LogP contribution in [0, 0.1) is 0 Å². The normalized spacial score (nSPS) is 18.6. The van der Waals surface area contributed by atoms with Gasteiger partial charge >= 0.3 is 0 Å². The van der Waals surface area contributed by atoms with Crippen molar-refractivity contribution in [2.45, 2.75) is 31.6 Å². The molecule has 2 heterocycles. The molecule has 3 rings (SSSR count). The summed E-state index contributed by atoms with van der Waals surface area (Å²) in [6.07, 6.45) is 1.89. The molecule has 25 heavy (non-hydrogen) atoms. The Morgan fingerprint density at radius 1 is 1.32 bits per heavy atom. The van der Waals surface area contributed by atoms with Gasteiger partial charge in [0.15, 0.2) is 0 Å². The number of nitrogens with zero attached hydrogens (tertiary/aromatic N) is 1. The highest BCUT2D eigenvalue weighted by Gasteiger charge is 2.21. The monoisotopic (exact) mass is 381 g/mol. The maximum absolute atomic E-state index is 10.4. The van der Waals surface area contributed by atoms with Crippen LogP contribution in [0.1, 0.15) is 17.7 Å². The third-order valence-corrected chi connectivity index (χ3v) is 5.36. The molecule has 1 fully saturated rings. The Kier molecular flexibility index (Phi) is 7.13. The molecule has 0 bridgehead atoms. The number of ether oxygens (including phenoxy) is 2. The highest BCUT2D eigenvalue weighted by molar-refractivity contribution is 7.09. The van der Waals surface area contributed by atoms with E-state index in [-0.39, 0.29) is 12.7 Å². The molecule has 0 aliphatic carbocycles. The molecular formula is C19H24ClNO3S. The van der Waals surface area contributed by atoms with Gasteiger partial charge in [-0.25, -0.2) is 0 Å². The Morgan fingerprint density at radius 2 is 2.20 bits per heavy atom. The lowest BCUT2D eigenvalue weighted by Crippen LogP contribution is -2.39. The second-order valence-corrected chi connectivity index (χ2v) is 7.74. The number of aliphatic hydroxyl groups is 1. The standard InChI is InChI=1S/C19H24ClNO3S/c20-18-7-1-2-8-19(18)24-14-15(22)11-21(12-16-5-3-9-23-16)13-17-6-4-10-25-17/h1-2,4,6-8,10,15-16,22H,3,5,9,11-14H2. The number of benzene rings is 1. The first kappa shape index (κ1) is 18.7. The van der Waals surface area contributed by atoms with Gasteiger partial charge in [-0.1, -0.05) is 29.8 Å². The van der Waals surface area contributed by atoms with Crippen LogP contribution in [0.3, 0.4) is 0 Å². The van der Waals surface area contributed by atoms with E-state index in [4.69, 9.17) is 21.1 Å². The third kappa shape index (κ3) is 5.97. The van der Waals surface area contributed by atoms with Gasteiger partial charge in [0.1, 0.15) is 18.5 Å². The van der Waals surface area contributed by atoms with Crippen LogP contribution in [0.5, 0.6) is 5.75 Å². The molecule has 0 spiro atoms. The number of thiophene rings is 1. The fourth-order valence-electron chi connectivity index (χ4n) is 3.00. The van der Waals surface area contributed by atoms with E-state index in [1.807, 2.05) is 18.2 Å². The zero-order valence-electron chi connectivity index (χ0n) is 14.1. The topological polar surface area (TPSA) is 41.9 Å². The minimum Gasteiger partial charge on any atom is -0.489 e. The number of rotatable bonds is 9. The predicted molar refractivity (Wildman–Crippen MR) is 102 cm³/mol. The van der Waals surface area contributed by atoms with Crippen molar-refractivity contribution in [1.82, 2.24) is 4.90 Å². The molecule has 1 aromatic carbocycles. The second kappa shape index (κ2) is 9.55. The van der Waals surface area contributed by atoms with E-state index in [0.717, 1.165) is 32.5 Å². The summed E-state index contributed by atoms with van der Waals surface area (Å²) in [4.78, 5) is 3.54. The molecule has 2 aromatic rings. The fraction of sp³-hybridized carbons (Fsp3) is 0.474. The Hall–Kier alpha value is -1.11. The zero-order valence-corrected chi connectivity index (χ0v) is 15.7. The van der Waals surface area contributed by atoms with Crippen molar-refractivity contribution >= 4 is 22.9 Å². The van der Waals surface area contributed by atoms with Gasteiger partial charge in [-0.2, -0.15) is 0 Å². The lowest BCUT2D eigenvalue weighted by atomic mass is 10.2. The number of para-hydroxylation sites is 1. The van der Waals surface area contributed by atoms with Crippen LogP contribution < -0.4 is 4.74 Å². The Bertz CT molecular complexity index is 631. The quantitative estimate of drug-likeness (QED) is 0.717. The minimum atomic E-state index is -0.586. The van der Waals surface area contributed by atoms with E-state index in [1.165, 1.54) is 4.88 Å². The van der Waals surface area contributed by atoms with Crippen LogP contribution >= 0.6 is 22.9 Å². The van der Waals surface area contributed by atoms with E-state index in [1.54, 1.807) is 17.4 Å². The molecular weight excluding hydrogens is 358 g/mol. The van der Waals surface area contributed by atoms with Gasteiger partial charge in [0.05, 0.1) is 11.1 Å². The molecule has 136 valence electrons. The molecule has 2 atom stereocenters. The Balaban J connectivity index is 1.53. The van der Waals surface area contributed by atoms with E-state index in [0.29, 0.717) is 17.3 Å². The molecule has 1 N–H and O–H groups in total. The fourth-order valence-corrected chi connectivity index (χ4v) is 3.94. The van der Waals surface area contributed by atoms with Gasteiger partial charge in [0.25, 0.3) is 0 Å². The van der Waals surface area contributed by atoms with Crippen molar-refractivity contribution in [3.05, 3.63) is 51.7 Å². The van der Waals surface area contributed by atoms with Crippen molar-refractivity contribution in [3.8, 4) is 5.75 Å². The maximum atomic E-state index is 10.4. The van der Waals surface area contributed by atoms with Gasteiger partial charge in [0, 0.05) is 31.1 Å². The van der Waals surface area contributed by atoms with Crippen LogP contribution in [-0.4, -0.2) is 48.5 Å². The molecule has 1 aromatic heterocycles. The predicted octanol–water partition coefficient (Wildman–Crippen LogP) is 3.82. The molecule has 0 amide bonds. The van der Waals surface area contributed by atoms with Gasteiger partial charge in [-0.3, -0.25) is 4.90 Å². The zero-order chi connectivity index (χ0) is 17.5. The summed E-state index contributed by atoms with van der Waals surface area (Å²) in [5.74, 6) is 0.604. The van der Waals surface area contributed by atoms with Crippen LogP contribution in [0.25, 0.3) is 0 Å². The summed E-state index contributed by atoms with van der Waals surface area (Å²) >= 11 is 7.83. The lowest BCUT2D eigenvalue weighted by Gasteiger charge is -2.27. The van der Waals surface area contributed by atoms with Crippen molar-refractivity contribution in [1.29, 1.82) is 0 Å². The maximum Gasteiger partial charge on any atom is 0.138 e. The molecule has 1 aliphatic heterocycles. The SMILES string of the molecule is OC(COc1ccccc1Cl)CN(Cc1cccs1)CC1CCCO1. The number of hydrogen-bond donors (Lipinski definition) is 1. The average Bonchev–Trinajstić information content (AvgIpc) is 3.28. The Morgan fingerprint density at radius 3 is 2.92 bits per heavy atom. The van der Waals surface area contributed by atoms with Crippen LogP contribution in [-0.2, 0) is 11.3 Å². The highest BCUT2D eigenvalue weighted by atomic mass is 35.5. The summed E-state index contributed by atoms with van der Waals surface area (Å²) in [6.45, 7) is 3.26. The third-order valence-electron chi connectivity index (χ3n) is 4.18. The first-order valence-electron chi connectivity index (χ1n) is 8.62. The van der Waals surface area contributed by atoms with Crippen LogP contribution in [0.4, 0.5) is 0 Å². The summed E-state index contributed by atoms with van der Waals surface area (Å²) in [6, 6.07) is 11.5. The summed E-state index contributed by atoms with van der Waals surface area (Å²) in [5, 5.41) is 13.1. The molecule has 1 aliphatic rings. The van der Waals surface area contributed by atoms with Crippen molar-refractivity contribution < 1.29 is 14.6 Å². The van der Waals surface area contributed by atoms with Crippen molar-refractivity contribution in [2.24, 2.45) is 0 Å². The molecule has 6 heteroatoms. The van der Waals surface area contributed by atoms with Gasteiger partial charge in [-0.05, 0) is 36.4 Å². The highest BCUT2D eigenvalue weighted by Crippen LogP contribution is 2.23. The average molecular weight is 382 g/mol. The summed E-state index contributed by atoms with van der Waals surface area (Å²) < 4.78 is 11.4. The molecule has 0 radical (unpaired) electrons. The van der Waals surface area contributed by atoms with E-state index in [2.05, 4.69) is 22.4 Å². The number of aliphatic hydroxyl groups excluding tert-OH is 1. The van der Waals surface area contributed by atoms with Crippen molar-refractivity contribution in [2.75, 3.05) is 26.3 Å². The summed E-state index contributed by atoms with van der Waals surface area (Å²) in [5.41, 5.74) is 0. The van der Waals surface area contributed by atoms with Crippen LogP contribution in [0.15, 0.2) is 41.8 Å². The number of hydrogen-bond acceptors (Lipinski definition) is 5. The van der Waals surface area contributed by atoms with Gasteiger partial charge < -0.3 is 14.6 Å². The molecule has 2 unspecified atom stereocenters. The van der Waals surface area contributed by atoms with Gasteiger partial charge in [-0.15, -0.1) is 11.3 Å². The Labute approximate surface area is 157 Å². The van der Waals surface area contributed by atoms with E-state index < -0.39 is 6.10 Å². The molecule has 4 nitrogen and oxygen atoms in total. The molecule has 1 saturated heterocycles. The largest absolute Gasteiger partial charge is 0.489 e. The smallest absolute Gasteiger partial charge is 0.138 e.